The molecule has 0 aliphatic carbocycles. The second kappa shape index (κ2) is 7.51. The molecule has 1 aromatic heterocycles. The summed E-state index contributed by atoms with van der Waals surface area (Å²) in [6.45, 7) is 2.11. The number of aryl methyl sites for hydroxylation is 1. The van der Waals surface area contributed by atoms with Gasteiger partial charge in [0.15, 0.2) is 0 Å². The van der Waals surface area contributed by atoms with Crippen molar-refractivity contribution in [2.24, 2.45) is 0 Å². The van der Waals surface area contributed by atoms with E-state index in [2.05, 4.69) is 10.3 Å². The summed E-state index contributed by atoms with van der Waals surface area (Å²) in [6.07, 6.45) is 0. The number of anilines is 1. The maximum absolute atomic E-state index is 12.6. The third-order valence-electron chi connectivity index (χ3n) is 4.33. The summed E-state index contributed by atoms with van der Waals surface area (Å²) in [4.78, 5) is 52.4. The molecular weight excluding hydrogens is 360 g/mol. The van der Waals surface area contributed by atoms with Crippen LogP contribution in [0.3, 0.4) is 0 Å². The maximum Gasteiger partial charge on any atom is 0.316 e. The summed E-state index contributed by atoms with van der Waals surface area (Å²) in [5.41, 5.74) is 0.825. The smallest absolute Gasteiger partial charge is 0.316 e. The van der Waals surface area contributed by atoms with Gasteiger partial charge in [0.1, 0.15) is 0 Å². The largest absolute Gasteiger partial charge is 0.345 e. The lowest BCUT2D eigenvalue weighted by Crippen LogP contribution is -2.36. The number of nitrogens with zero attached hydrogens (tertiary/aromatic N) is 2. The van der Waals surface area contributed by atoms with Gasteiger partial charge in [-0.2, -0.15) is 0 Å². The first kappa shape index (κ1) is 19.1. The number of carbonyl (C=O) groups is 2. The fourth-order valence-electron chi connectivity index (χ4n) is 2.93. The molecule has 28 heavy (non-hydrogen) atoms. The molecule has 2 N–H and O–H groups in total. The first-order valence-electron chi connectivity index (χ1n) is 8.71. The van der Waals surface area contributed by atoms with Gasteiger partial charge in [-0.3, -0.25) is 19.2 Å². The van der Waals surface area contributed by atoms with Crippen LogP contribution < -0.4 is 16.4 Å². The summed E-state index contributed by atoms with van der Waals surface area (Å²) in [6, 6.07) is 11.4. The van der Waals surface area contributed by atoms with Crippen molar-refractivity contribution in [3.63, 3.8) is 0 Å². The van der Waals surface area contributed by atoms with Crippen LogP contribution in [0, 0.1) is 0 Å². The third-order valence-corrected chi connectivity index (χ3v) is 4.33. The molecule has 2 aromatic carbocycles. The minimum absolute atomic E-state index is 0.170. The molecule has 0 aliphatic rings. The molecule has 0 bridgehead atoms. The molecule has 8 heteroatoms. The van der Waals surface area contributed by atoms with Gasteiger partial charge in [0.05, 0.1) is 11.0 Å². The Bertz CT molecular complexity index is 1190. The van der Waals surface area contributed by atoms with E-state index in [9.17, 15) is 19.2 Å². The van der Waals surface area contributed by atoms with Gasteiger partial charge >= 0.3 is 11.1 Å². The van der Waals surface area contributed by atoms with Crippen LogP contribution in [0.25, 0.3) is 11.0 Å². The van der Waals surface area contributed by atoms with Crippen molar-refractivity contribution >= 4 is 28.5 Å². The summed E-state index contributed by atoms with van der Waals surface area (Å²) >= 11 is 0. The van der Waals surface area contributed by atoms with Crippen LogP contribution in [0.15, 0.2) is 52.1 Å². The highest BCUT2D eigenvalue weighted by Crippen LogP contribution is 2.16. The van der Waals surface area contributed by atoms with E-state index in [1.165, 1.54) is 15.5 Å². The summed E-state index contributed by atoms with van der Waals surface area (Å²) in [5.74, 6) is -0.566. The Morgan fingerprint density at radius 3 is 2.50 bits per heavy atom. The number of aromatic amines is 1. The second-order valence-electron chi connectivity index (χ2n) is 6.47. The van der Waals surface area contributed by atoms with Gasteiger partial charge < -0.3 is 19.8 Å². The van der Waals surface area contributed by atoms with E-state index in [0.29, 0.717) is 34.4 Å². The van der Waals surface area contributed by atoms with Gasteiger partial charge in [0.25, 0.3) is 11.8 Å². The maximum atomic E-state index is 12.6. The van der Waals surface area contributed by atoms with Crippen molar-refractivity contribution in [2.75, 3.05) is 19.4 Å². The summed E-state index contributed by atoms with van der Waals surface area (Å²) < 4.78 is 1.35. The monoisotopic (exact) mass is 380 g/mol. The first-order chi connectivity index (χ1) is 13.3. The number of fused-ring (bicyclic) bond motifs is 1. The fraction of sp³-hybridized carbons (Fsp3) is 0.200. The van der Waals surface area contributed by atoms with E-state index in [-0.39, 0.29) is 5.91 Å². The first-order valence-corrected chi connectivity index (χ1v) is 8.71. The van der Waals surface area contributed by atoms with Crippen molar-refractivity contribution in [3.05, 3.63) is 74.3 Å². The summed E-state index contributed by atoms with van der Waals surface area (Å²) in [7, 11) is 3.30. The number of rotatable bonds is 4. The van der Waals surface area contributed by atoms with Crippen molar-refractivity contribution in [1.29, 1.82) is 0 Å². The molecule has 0 fully saturated rings. The number of H-pyrrole nitrogens is 1. The predicted octanol–water partition coefficient (Wildman–Crippen LogP) is 1.66. The molecule has 0 saturated heterocycles. The number of hydrogen-bond acceptors (Lipinski definition) is 4. The minimum Gasteiger partial charge on any atom is -0.345 e. The van der Waals surface area contributed by atoms with E-state index in [1.807, 2.05) is 0 Å². The Morgan fingerprint density at radius 2 is 1.82 bits per heavy atom. The van der Waals surface area contributed by atoms with Crippen LogP contribution in [-0.2, 0) is 6.54 Å². The van der Waals surface area contributed by atoms with Crippen LogP contribution in [-0.4, -0.2) is 40.4 Å². The van der Waals surface area contributed by atoms with Crippen LogP contribution in [0.4, 0.5) is 5.69 Å². The SMILES string of the molecule is CCn1c(=O)c(=O)[nH]c2cc(C(=O)Nc3cccc(C(=O)N(C)C)c3)ccc21. The molecule has 144 valence electrons. The van der Waals surface area contributed by atoms with Crippen molar-refractivity contribution in [2.45, 2.75) is 13.5 Å². The molecule has 0 saturated carbocycles. The quantitative estimate of drug-likeness (QED) is 0.672. The van der Waals surface area contributed by atoms with Crippen LogP contribution in [0.2, 0.25) is 0 Å². The highest BCUT2D eigenvalue weighted by atomic mass is 16.2. The normalized spacial score (nSPS) is 10.7. The number of carbonyl (C=O) groups excluding carboxylic acids is 2. The molecule has 0 radical (unpaired) electrons. The highest BCUT2D eigenvalue weighted by Gasteiger charge is 2.13. The molecule has 0 unspecified atom stereocenters. The number of nitrogens with one attached hydrogen (secondary N) is 2. The molecule has 2 amide bonds. The average molecular weight is 380 g/mol. The van der Waals surface area contributed by atoms with Gasteiger partial charge in [0.2, 0.25) is 0 Å². The minimum atomic E-state index is -0.734. The lowest BCUT2D eigenvalue weighted by atomic mass is 10.1. The summed E-state index contributed by atoms with van der Waals surface area (Å²) in [5, 5.41) is 2.74. The number of amides is 2. The standard InChI is InChI=1S/C20H20N4O4/c1-4-24-16-9-8-12(11-15(16)22-18(26)20(24)28)17(25)21-14-7-5-6-13(10-14)19(27)23(2)3/h5-11H,4H2,1-3H3,(H,21,25)(H,22,26). The molecule has 0 spiro atoms. The molecule has 3 rings (SSSR count). The van der Waals surface area contributed by atoms with Crippen molar-refractivity contribution in [3.8, 4) is 0 Å². The Balaban J connectivity index is 1.93. The number of benzene rings is 2. The third kappa shape index (κ3) is 3.57. The fourth-order valence-corrected chi connectivity index (χ4v) is 2.93. The lowest BCUT2D eigenvalue weighted by Gasteiger charge is -2.12. The van der Waals surface area contributed by atoms with E-state index in [1.54, 1.807) is 57.4 Å². The van der Waals surface area contributed by atoms with Gasteiger partial charge in [-0.25, -0.2) is 0 Å². The van der Waals surface area contributed by atoms with Gasteiger partial charge in [0, 0.05) is 37.5 Å². The van der Waals surface area contributed by atoms with E-state index in [0.717, 1.165) is 0 Å². The Kier molecular flexibility index (Phi) is 5.12. The van der Waals surface area contributed by atoms with Gasteiger partial charge in [-0.1, -0.05) is 6.07 Å². The van der Waals surface area contributed by atoms with E-state index >= 15 is 0 Å². The molecule has 0 atom stereocenters. The highest BCUT2D eigenvalue weighted by molar-refractivity contribution is 6.06. The molecule has 8 nitrogen and oxygen atoms in total. The van der Waals surface area contributed by atoms with Crippen LogP contribution in [0.1, 0.15) is 27.6 Å². The van der Waals surface area contributed by atoms with Crippen LogP contribution >= 0.6 is 0 Å². The van der Waals surface area contributed by atoms with E-state index < -0.39 is 17.0 Å². The van der Waals surface area contributed by atoms with Crippen molar-refractivity contribution < 1.29 is 9.59 Å². The van der Waals surface area contributed by atoms with E-state index in [4.69, 9.17) is 0 Å². The predicted molar refractivity (Wildman–Crippen MR) is 107 cm³/mol. The average Bonchev–Trinajstić information content (AvgIpc) is 2.68. The zero-order valence-corrected chi connectivity index (χ0v) is 15.8. The molecule has 1 heterocycles. The molecular formula is C20H20N4O4. The second-order valence-corrected chi connectivity index (χ2v) is 6.47. The topological polar surface area (TPSA) is 104 Å². The Hall–Kier alpha value is -3.68. The van der Waals surface area contributed by atoms with Crippen LogP contribution in [0.5, 0.6) is 0 Å². The number of aromatic nitrogens is 2. The molecule has 3 aromatic rings. The zero-order chi connectivity index (χ0) is 20.4. The number of hydrogen-bond donors (Lipinski definition) is 2. The lowest BCUT2D eigenvalue weighted by molar-refractivity contribution is 0.0827. The van der Waals surface area contributed by atoms with Gasteiger partial charge in [-0.05, 0) is 43.3 Å². The molecule has 0 aliphatic heterocycles. The van der Waals surface area contributed by atoms with Crippen molar-refractivity contribution in [1.82, 2.24) is 14.5 Å². The Labute approximate surface area is 160 Å². The Morgan fingerprint density at radius 1 is 1.07 bits per heavy atom. The zero-order valence-electron chi connectivity index (χ0n) is 15.8. The van der Waals surface area contributed by atoms with Gasteiger partial charge in [-0.15, -0.1) is 0 Å².